The topological polar surface area (TPSA) is 66.5 Å². The number of sulfonamides is 1. The number of alkyl halides is 3. The molecule has 1 aliphatic carbocycles. The second kappa shape index (κ2) is 7.42. The number of nitrogens with one attached hydrogen (secondary N) is 1. The molecule has 2 aromatic rings. The molecular formula is C19H15BrClF3N2O3S. The molecule has 5 nitrogen and oxygen atoms in total. The van der Waals surface area contributed by atoms with E-state index in [4.69, 9.17) is 11.6 Å². The molecule has 0 bridgehead atoms. The lowest BCUT2D eigenvalue weighted by molar-refractivity contribution is -0.136. The molecule has 0 aromatic heterocycles. The highest BCUT2D eigenvalue weighted by Gasteiger charge is 2.38. The van der Waals surface area contributed by atoms with Crippen molar-refractivity contribution in [1.82, 2.24) is 0 Å². The van der Waals surface area contributed by atoms with Crippen molar-refractivity contribution in [3.63, 3.8) is 0 Å². The summed E-state index contributed by atoms with van der Waals surface area (Å²) in [5.41, 5.74) is -0.550. The van der Waals surface area contributed by atoms with Crippen LogP contribution in [0.2, 0.25) is 5.02 Å². The Labute approximate surface area is 184 Å². The maximum atomic E-state index is 13.3. The number of carbonyl (C=O) groups is 1. The lowest BCUT2D eigenvalue weighted by Gasteiger charge is -2.19. The van der Waals surface area contributed by atoms with E-state index in [0.29, 0.717) is 24.7 Å². The van der Waals surface area contributed by atoms with Gasteiger partial charge in [-0.05, 0) is 71.1 Å². The number of rotatable bonds is 4. The van der Waals surface area contributed by atoms with Gasteiger partial charge in [0.25, 0.3) is 10.0 Å². The summed E-state index contributed by atoms with van der Waals surface area (Å²) in [6.45, 7) is 0.448. The fourth-order valence-electron chi connectivity index (χ4n) is 3.41. The fraction of sp³-hybridized carbons (Fsp3) is 0.316. The molecule has 0 radical (unpaired) electrons. The zero-order valence-electron chi connectivity index (χ0n) is 15.3. The van der Waals surface area contributed by atoms with Crippen LogP contribution in [0, 0.1) is 5.92 Å². The van der Waals surface area contributed by atoms with Crippen LogP contribution in [0.4, 0.5) is 24.5 Å². The van der Waals surface area contributed by atoms with Gasteiger partial charge in [0.2, 0.25) is 5.91 Å². The first-order chi connectivity index (χ1) is 14.0. The average Bonchev–Trinajstić information content (AvgIpc) is 3.41. The third-order valence-corrected chi connectivity index (χ3v) is 7.60. The first-order valence-electron chi connectivity index (χ1n) is 9.01. The number of amides is 1. The summed E-state index contributed by atoms with van der Waals surface area (Å²) in [4.78, 5) is 13.8. The van der Waals surface area contributed by atoms with Crippen molar-refractivity contribution in [1.29, 1.82) is 0 Å². The first kappa shape index (κ1) is 21.5. The predicted octanol–water partition coefficient (Wildman–Crippen LogP) is 5.22. The zero-order valence-corrected chi connectivity index (χ0v) is 18.4. The van der Waals surface area contributed by atoms with E-state index in [2.05, 4.69) is 15.9 Å². The van der Waals surface area contributed by atoms with Gasteiger partial charge >= 0.3 is 6.18 Å². The van der Waals surface area contributed by atoms with Gasteiger partial charge < -0.3 is 4.90 Å². The van der Waals surface area contributed by atoms with Gasteiger partial charge in [-0.25, -0.2) is 8.42 Å². The van der Waals surface area contributed by atoms with Crippen molar-refractivity contribution in [2.45, 2.75) is 30.3 Å². The van der Waals surface area contributed by atoms with E-state index in [9.17, 15) is 26.4 Å². The van der Waals surface area contributed by atoms with Crippen LogP contribution in [0.5, 0.6) is 0 Å². The normalized spacial score (nSPS) is 16.5. The van der Waals surface area contributed by atoms with Gasteiger partial charge in [-0.15, -0.1) is 0 Å². The Morgan fingerprint density at radius 2 is 1.90 bits per heavy atom. The number of halogens is 5. The average molecular weight is 524 g/mol. The largest absolute Gasteiger partial charge is 0.418 e. The molecule has 1 N–H and O–H groups in total. The number of hydrogen-bond acceptors (Lipinski definition) is 3. The Morgan fingerprint density at radius 1 is 1.20 bits per heavy atom. The van der Waals surface area contributed by atoms with Crippen molar-refractivity contribution in [3.8, 4) is 0 Å². The third kappa shape index (κ3) is 4.04. The molecule has 160 valence electrons. The van der Waals surface area contributed by atoms with Crippen LogP contribution in [0.25, 0.3) is 0 Å². The van der Waals surface area contributed by atoms with Crippen LogP contribution in [-0.4, -0.2) is 20.9 Å². The monoisotopic (exact) mass is 522 g/mol. The minimum atomic E-state index is -4.80. The van der Waals surface area contributed by atoms with E-state index in [0.717, 1.165) is 24.5 Å². The van der Waals surface area contributed by atoms with E-state index < -0.39 is 27.5 Å². The van der Waals surface area contributed by atoms with E-state index in [1.807, 2.05) is 4.72 Å². The Hall–Kier alpha value is -1.78. The number of anilines is 2. The molecule has 4 rings (SSSR count). The van der Waals surface area contributed by atoms with E-state index in [1.54, 1.807) is 11.0 Å². The summed E-state index contributed by atoms with van der Waals surface area (Å²) >= 11 is 8.86. The second-order valence-corrected chi connectivity index (χ2v) is 10.2. The highest BCUT2D eigenvalue weighted by Crippen LogP contribution is 2.41. The molecule has 0 atom stereocenters. The molecule has 1 amide bonds. The smallest absolute Gasteiger partial charge is 0.312 e. The Morgan fingerprint density at radius 3 is 2.53 bits per heavy atom. The number of benzene rings is 2. The number of carbonyl (C=O) groups excluding carboxylic acids is 1. The van der Waals surface area contributed by atoms with Crippen molar-refractivity contribution in [3.05, 3.63) is 51.0 Å². The maximum Gasteiger partial charge on any atom is 0.418 e. The summed E-state index contributed by atoms with van der Waals surface area (Å²) in [5.74, 6) is -0.0920. The molecule has 1 heterocycles. The molecule has 2 aromatic carbocycles. The first-order valence-corrected chi connectivity index (χ1v) is 11.7. The second-order valence-electron chi connectivity index (χ2n) is 7.22. The van der Waals surface area contributed by atoms with Gasteiger partial charge in [0, 0.05) is 27.6 Å². The molecule has 0 saturated heterocycles. The summed E-state index contributed by atoms with van der Waals surface area (Å²) in [6, 6.07) is 5.72. The number of nitrogens with zero attached hydrogens (tertiary/aromatic N) is 1. The summed E-state index contributed by atoms with van der Waals surface area (Å²) < 4.78 is 68.2. The van der Waals surface area contributed by atoms with Gasteiger partial charge in [0.1, 0.15) is 4.90 Å². The minimum absolute atomic E-state index is 0.0406. The molecule has 30 heavy (non-hydrogen) atoms. The van der Waals surface area contributed by atoms with Crippen LogP contribution < -0.4 is 9.62 Å². The Balaban J connectivity index is 1.73. The SMILES string of the molecule is O=C(C1CC1)N1CCc2cc(Br)c(S(=O)(=O)Nc3ccc(Cl)cc3C(F)(F)F)cc21. The summed E-state index contributed by atoms with van der Waals surface area (Å²) in [5, 5.41) is -0.168. The maximum absolute atomic E-state index is 13.3. The van der Waals surface area contributed by atoms with Gasteiger partial charge in [-0.2, -0.15) is 13.2 Å². The van der Waals surface area contributed by atoms with Gasteiger partial charge in [0.05, 0.1) is 11.3 Å². The lowest BCUT2D eigenvalue weighted by Crippen LogP contribution is -2.30. The summed E-state index contributed by atoms with van der Waals surface area (Å²) in [6.07, 6.45) is -2.60. The highest BCUT2D eigenvalue weighted by atomic mass is 79.9. The van der Waals surface area contributed by atoms with Crippen LogP contribution >= 0.6 is 27.5 Å². The van der Waals surface area contributed by atoms with Gasteiger partial charge in [0.15, 0.2) is 0 Å². The molecule has 0 unspecified atom stereocenters. The molecule has 1 fully saturated rings. The highest BCUT2D eigenvalue weighted by molar-refractivity contribution is 9.10. The quantitative estimate of drug-likeness (QED) is 0.597. The van der Waals surface area contributed by atoms with Crippen LogP contribution in [0.1, 0.15) is 24.0 Å². The molecule has 1 saturated carbocycles. The zero-order chi connectivity index (χ0) is 21.8. The Kier molecular flexibility index (Phi) is 5.31. The van der Waals surface area contributed by atoms with E-state index >= 15 is 0 Å². The van der Waals surface area contributed by atoms with Crippen molar-refractivity contribution in [2.24, 2.45) is 5.92 Å². The predicted molar refractivity (Wildman–Crippen MR) is 110 cm³/mol. The van der Waals surface area contributed by atoms with Crippen molar-refractivity contribution in [2.75, 3.05) is 16.2 Å². The number of fused-ring (bicyclic) bond motifs is 1. The van der Waals surface area contributed by atoms with Gasteiger partial charge in [-0.1, -0.05) is 11.6 Å². The minimum Gasteiger partial charge on any atom is -0.312 e. The molecule has 0 spiro atoms. The van der Waals surface area contributed by atoms with Gasteiger partial charge in [-0.3, -0.25) is 9.52 Å². The lowest BCUT2D eigenvalue weighted by atomic mass is 10.2. The van der Waals surface area contributed by atoms with Crippen molar-refractivity contribution >= 4 is 54.8 Å². The third-order valence-electron chi connectivity index (χ3n) is 5.04. The Bertz CT molecular complexity index is 1150. The standard InChI is InChI=1S/C19H15BrClF3N2O3S/c20-14-7-11-5-6-26(18(27)10-1-2-10)16(11)9-17(14)30(28,29)25-15-4-3-12(21)8-13(15)19(22,23)24/h3-4,7-10,25H,1-2,5-6H2. The van der Waals surface area contributed by atoms with Crippen LogP contribution in [0.3, 0.4) is 0 Å². The van der Waals surface area contributed by atoms with Crippen LogP contribution in [-0.2, 0) is 27.4 Å². The summed E-state index contributed by atoms with van der Waals surface area (Å²) in [7, 11) is -4.39. The van der Waals surface area contributed by atoms with Crippen LogP contribution in [0.15, 0.2) is 39.7 Å². The molecular weight excluding hydrogens is 509 g/mol. The molecule has 2 aliphatic rings. The fourth-order valence-corrected chi connectivity index (χ4v) is 5.78. The van der Waals surface area contributed by atoms with E-state index in [1.165, 1.54) is 12.1 Å². The van der Waals surface area contributed by atoms with Crippen molar-refractivity contribution < 1.29 is 26.4 Å². The number of hydrogen-bond donors (Lipinski definition) is 1. The molecule has 1 aliphatic heterocycles. The van der Waals surface area contributed by atoms with E-state index in [-0.39, 0.29) is 26.2 Å². The molecule has 11 heteroatoms.